The van der Waals surface area contributed by atoms with E-state index in [-0.39, 0.29) is 11.3 Å². The predicted molar refractivity (Wildman–Crippen MR) is 96.5 cm³/mol. The molecule has 1 heterocycles. The van der Waals surface area contributed by atoms with Crippen LogP contribution in [0.3, 0.4) is 0 Å². The van der Waals surface area contributed by atoms with Gasteiger partial charge in [0.15, 0.2) is 0 Å². The highest BCUT2D eigenvalue weighted by Gasteiger charge is 2.13. The molecule has 2 N–H and O–H groups in total. The van der Waals surface area contributed by atoms with Crippen molar-refractivity contribution in [2.75, 3.05) is 25.1 Å². The minimum absolute atomic E-state index is 0.0766. The molecular formula is C19H22N2O5. The Morgan fingerprint density at radius 3 is 2.62 bits per heavy atom. The monoisotopic (exact) mass is 358 g/mol. The number of anilines is 1. The number of aryl methyl sites for hydroxylation is 1. The maximum Gasteiger partial charge on any atom is 0.337 e. The largest absolute Gasteiger partial charge is 0.478 e. The fourth-order valence-corrected chi connectivity index (χ4v) is 2.30. The number of hydrogen-bond donors (Lipinski definition) is 2. The number of ether oxygens (including phenoxy) is 2. The van der Waals surface area contributed by atoms with Crippen LogP contribution in [0.2, 0.25) is 0 Å². The molecule has 0 aliphatic carbocycles. The third-order valence-electron chi connectivity index (χ3n) is 3.58. The molecular weight excluding hydrogens is 336 g/mol. The fourth-order valence-electron chi connectivity index (χ4n) is 2.30. The molecule has 7 nitrogen and oxygen atoms in total. The van der Waals surface area contributed by atoms with Gasteiger partial charge < -0.3 is 19.9 Å². The van der Waals surface area contributed by atoms with Crippen LogP contribution in [0.4, 0.5) is 5.69 Å². The Balaban J connectivity index is 1.97. The van der Waals surface area contributed by atoms with Crippen LogP contribution in [-0.4, -0.2) is 41.8 Å². The van der Waals surface area contributed by atoms with Gasteiger partial charge in [0.1, 0.15) is 5.69 Å². The first-order valence-electron chi connectivity index (χ1n) is 8.28. The second-order valence-corrected chi connectivity index (χ2v) is 5.54. The minimum Gasteiger partial charge on any atom is -0.478 e. The zero-order valence-electron chi connectivity index (χ0n) is 14.8. The Morgan fingerprint density at radius 1 is 1.15 bits per heavy atom. The summed E-state index contributed by atoms with van der Waals surface area (Å²) in [4.78, 5) is 27.4. The van der Waals surface area contributed by atoms with Crippen molar-refractivity contribution in [1.29, 1.82) is 0 Å². The van der Waals surface area contributed by atoms with Crippen LogP contribution >= 0.6 is 0 Å². The number of carboxylic acid groups (broad SMARTS) is 1. The van der Waals surface area contributed by atoms with Crippen LogP contribution in [0.15, 0.2) is 36.4 Å². The Morgan fingerprint density at radius 2 is 1.92 bits per heavy atom. The molecule has 1 amide bonds. The van der Waals surface area contributed by atoms with Crippen molar-refractivity contribution in [3.63, 3.8) is 0 Å². The standard InChI is InChI=1S/C19H22N2O5/c1-3-25-9-10-26-12-14-5-4-6-15(11-14)21-18(22)17-8-7-16(19(23)24)13(2)20-17/h4-8,11H,3,9-10,12H2,1-2H3,(H,21,22)(H,23,24). The zero-order valence-corrected chi connectivity index (χ0v) is 14.8. The highest BCUT2D eigenvalue weighted by molar-refractivity contribution is 6.03. The molecule has 26 heavy (non-hydrogen) atoms. The summed E-state index contributed by atoms with van der Waals surface area (Å²) >= 11 is 0. The lowest BCUT2D eigenvalue weighted by Crippen LogP contribution is -2.15. The van der Waals surface area contributed by atoms with Gasteiger partial charge in [0.05, 0.1) is 31.1 Å². The third-order valence-corrected chi connectivity index (χ3v) is 3.58. The number of rotatable bonds is 9. The molecule has 7 heteroatoms. The molecule has 0 radical (unpaired) electrons. The van der Waals surface area contributed by atoms with Gasteiger partial charge in [-0.3, -0.25) is 4.79 Å². The van der Waals surface area contributed by atoms with Crippen LogP contribution in [0, 0.1) is 6.92 Å². The van der Waals surface area contributed by atoms with E-state index in [9.17, 15) is 9.59 Å². The van der Waals surface area contributed by atoms with Crippen molar-refractivity contribution in [3.8, 4) is 0 Å². The lowest BCUT2D eigenvalue weighted by Gasteiger charge is -2.09. The molecule has 0 unspecified atom stereocenters. The van der Waals surface area contributed by atoms with E-state index in [1.807, 2.05) is 25.1 Å². The lowest BCUT2D eigenvalue weighted by molar-refractivity contribution is 0.0453. The van der Waals surface area contributed by atoms with Crippen molar-refractivity contribution < 1.29 is 24.2 Å². The minimum atomic E-state index is -1.07. The van der Waals surface area contributed by atoms with Crippen molar-refractivity contribution in [1.82, 2.24) is 4.98 Å². The molecule has 0 bridgehead atoms. The molecule has 0 fully saturated rings. The molecule has 0 saturated heterocycles. The fraction of sp³-hybridized carbons (Fsp3) is 0.316. The number of nitrogens with zero attached hydrogens (tertiary/aromatic N) is 1. The van der Waals surface area contributed by atoms with Crippen LogP contribution in [0.1, 0.15) is 39.0 Å². The lowest BCUT2D eigenvalue weighted by atomic mass is 10.1. The summed E-state index contributed by atoms with van der Waals surface area (Å²) in [5, 5.41) is 11.8. The number of hydrogen-bond acceptors (Lipinski definition) is 5. The summed E-state index contributed by atoms with van der Waals surface area (Å²) in [6.45, 7) is 5.61. The summed E-state index contributed by atoms with van der Waals surface area (Å²) in [5.41, 5.74) is 2.06. The second-order valence-electron chi connectivity index (χ2n) is 5.54. The summed E-state index contributed by atoms with van der Waals surface area (Å²) < 4.78 is 10.7. The van der Waals surface area contributed by atoms with Gasteiger partial charge in [0.2, 0.25) is 0 Å². The van der Waals surface area contributed by atoms with Crippen molar-refractivity contribution >= 4 is 17.6 Å². The molecule has 2 rings (SSSR count). The van der Waals surface area contributed by atoms with E-state index in [0.29, 0.717) is 37.8 Å². The molecule has 1 aromatic heterocycles. The topological polar surface area (TPSA) is 97.8 Å². The molecule has 0 aliphatic rings. The maximum atomic E-state index is 12.3. The van der Waals surface area contributed by atoms with E-state index < -0.39 is 11.9 Å². The van der Waals surface area contributed by atoms with Crippen molar-refractivity contribution in [3.05, 3.63) is 58.9 Å². The van der Waals surface area contributed by atoms with E-state index in [1.54, 1.807) is 13.0 Å². The normalized spacial score (nSPS) is 10.5. The molecule has 0 atom stereocenters. The van der Waals surface area contributed by atoms with Gasteiger partial charge in [0, 0.05) is 12.3 Å². The van der Waals surface area contributed by atoms with Crippen LogP contribution in [0.25, 0.3) is 0 Å². The number of nitrogens with one attached hydrogen (secondary N) is 1. The number of benzene rings is 1. The molecule has 0 spiro atoms. The first-order chi connectivity index (χ1) is 12.5. The van der Waals surface area contributed by atoms with E-state index in [0.717, 1.165) is 5.56 Å². The third kappa shape index (κ3) is 5.65. The van der Waals surface area contributed by atoms with Crippen LogP contribution < -0.4 is 5.32 Å². The number of carbonyl (C=O) groups excluding carboxylic acids is 1. The number of amides is 1. The van der Waals surface area contributed by atoms with Crippen LogP contribution in [-0.2, 0) is 16.1 Å². The zero-order chi connectivity index (χ0) is 18.9. The van der Waals surface area contributed by atoms with Gasteiger partial charge in [-0.25, -0.2) is 9.78 Å². The smallest absolute Gasteiger partial charge is 0.337 e. The Bertz CT molecular complexity index is 776. The quantitative estimate of drug-likeness (QED) is 0.669. The number of aromatic nitrogens is 1. The van der Waals surface area contributed by atoms with Gasteiger partial charge in [-0.2, -0.15) is 0 Å². The highest BCUT2D eigenvalue weighted by atomic mass is 16.5. The highest BCUT2D eigenvalue weighted by Crippen LogP contribution is 2.14. The van der Waals surface area contributed by atoms with Crippen molar-refractivity contribution in [2.24, 2.45) is 0 Å². The summed E-state index contributed by atoms with van der Waals surface area (Å²) in [6, 6.07) is 10.1. The Labute approximate surface area is 152 Å². The van der Waals surface area contributed by atoms with E-state index in [4.69, 9.17) is 14.6 Å². The first-order valence-corrected chi connectivity index (χ1v) is 8.28. The van der Waals surface area contributed by atoms with Gasteiger partial charge >= 0.3 is 5.97 Å². The van der Waals surface area contributed by atoms with Gasteiger partial charge in [-0.1, -0.05) is 12.1 Å². The Hall–Kier alpha value is -2.77. The van der Waals surface area contributed by atoms with Gasteiger partial charge in [-0.15, -0.1) is 0 Å². The molecule has 0 aliphatic heterocycles. The summed E-state index contributed by atoms with van der Waals surface area (Å²) in [5.74, 6) is -1.47. The van der Waals surface area contributed by atoms with Gasteiger partial charge in [-0.05, 0) is 43.7 Å². The van der Waals surface area contributed by atoms with E-state index in [2.05, 4.69) is 10.3 Å². The summed E-state index contributed by atoms with van der Waals surface area (Å²) in [6.07, 6.45) is 0. The van der Waals surface area contributed by atoms with Gasteiger partial charge in [0.25, 0.3) is 5.91 Å². The SMILES string of the molecule is CCOCCOCc1cccc(NC(=O)c2ccc(C(=O)O)c(C)n2)c1. The van der Waals surface area contributed by atoms with Crippen molar-refractivity contribution in [2.45, 2.75) is 20.5 Å². The number of aromatic carboxylic acids is 1. The molecule has 0 saturated carbocycles. The first kappa shape index (κ1) is 19.6. The molecule has 2 aromatic rings. The molecule has 138 valence electrons. The average Bonchev–Trinajstić information content (AvgIpc) is 2.61. The van der Waals surface area contributed by atoms with Crippen LogP contribution in [0.5, 0.6) is 0 Å². The average molecular weight is 358 g/mol. The number of pyridine rings is 1. The maximum absolute atomic E-state index is 12.3. The molecule has 1 aromatic carbocycles. The second kappa shape index (κ2) is 9.65. The van der Waals surface area contributed by atoms with E-state index in [1.165, 1.54) is 12.1 Å². The summed E-state index contributed by atoms with van der Waals surface area (Å²) in [7, 11) is 0. The van der Waals surface area contributed by atoms with E-state index >= 15 is 0 Å². The Kier molecular flexibility index (Phi) is 7.25. The number of carboxylic acids is 1. The number of carbonyl (C=O) groups is 2. The predicted octanol–water partition coefficient (Wildman–Crippen LogP) is 2.89.